The number of nitrogens with zero attached hydrogens (tertiary/aromatic N) is 3. The Bertz CT molecular complexity index is 987. The van der Waals surface area contributed by atoms with Gasteiger partial charge in [-0.05, 0) is 36.9 Å². The van der Waals surface area contributed by atoms with Crippen molar-refractivity contribution in [3.63, 3.8) is 0 Å². The number of carbonyl (C=O) groups excluding carboxylic acids is 2. The van der Waals surface area contributed by atoms with Gasteiger partial charge in [-0.3, -0.25) is 14.5 Å². The van der Waals surface area contributed by atoms with E-state index in [1.807, 2.05) is 14.1 Å². The standard InChI is InChI=1S/C24H31N5O4/c1-27(2)19-7-4-17(5-8-19)20(29-12-10-28(3)11-13-29)15-25-23(30)24(31)26-18-6-9-21-22(14-18)33-16-32-21/h4-9,14,20H,10-13,15-16H2,1-3H3,(H,25,30)(H,26,31). The fourth-order valence-electron chi connectivity index (χ4n) is 4.02. The van der Waals surface area contributed by atoms with Gasteiger partial charge in [0.05, 0.1) is 6.04 Å². The average Bonchev–Trinajstić information content (AvgIpc) is 3.28. The van der Waals surface area contributed by atoms with Crippen LogP contribution in [0.4, 0.5) is 11.4 Å². The van der Waals surface area contributed by atoms with Crippen molar-refractivity contribution >= 4 is 23.2 Å². The van der Waals surface area contributed by atoms with Crippen LogP contribution in [0.1, 0.15) is 11.6 Å². The summed E-state index contributed by atoms with van der Waals surface area (Å²) in [5.74, 6) is -0.220. The number of ether oxygens (including phenoxy) is 2. The van der Waals surface area contributed by atoms with E-state index in [1.54, 1.807) is 18.2 Å². The van der Waals surface area contributed by atoms with Gasteiger partial charge in [0, 0.05) is 64.3 Å². The molecule has 2 aromatic rings. The number of hydrogen-bond donors (Lipinski definition) is 2. The summed E-state index contributed by atoms with van der Waals surface area (Å²) in [6.45, 7) is 4.22. The first-order chi connectivity index (χ1) is 15.9. The summed E-state index contributed by atoms with van der Waals surface area (Å²) in [4.78, 5) is 31.8. The Kier molecular flexibility index (Phi) is 7.00. The van der Waals surface area contributed by atoms with Crippen molar-refractivity contribution < 1.29 is 19.1 Å². The monoisotopic (exact) mass is 453 g/mol. The van der Waals surface area contributed by atoms with Crippen molar-refractivity contribution in [2.24, 2.45) is 0 Å². The van der Waals surface area contributed by atoms with E-state index < -0.39 is 11.8 Å². The third-order valence-corrected chi connectivity index (χ3v) is 6.07. The first-order valence-corrected chi connectivity index (χ1v) is 11.1. The minimum Gasteiger partial charge on any atom is -0.454 e. The molecule has 1 atom stereocenters. The van der Waals surface area contributed by atoms with Crippen molar-refractivity contribution in [2.75, 3.05) is 70.9 Å². The fourth-order valence-corrected chi connectivity index (χ4v) is 4.02. The molecule has 2 aliphatic rings. The molecule has 2 aromatic carbocycles. The fraction of sp³-hybridized carbons (Fsp3) is 0.417. The number of nitrogens with one attached hydrogen (secondary N) is 2. The molecule has 1 unspecified atom stereocenters. The molecule has 176 valence electrons. The van der Waals surface area contributed by atoms with Crippen molar-refractivity contribution in [1.82, 2.24) is 15.1 Å². The number of carbonyl (C=O) groups is 2. The Morgan fingerprint density at radius 3 is 2.36 bits per heavy atom. The molecule has 4 rings (SSSR count). The third-order valence-electron chi connectivity index (χ3n) is 6.07. The summed E-state index contributed by atoms with van der Waals surface area (Å²) in [7, 11) is 6.12. The van der Waals surface area contributed by atoms with Crippen LogP contribution >= 0.6 is 0 Å². The van der Waals surface area contributed by atoms with Crippen LogP contribution in [0.25, 0.3) is 0 Å². The summed E-state index contributed by atoms with van der Waals surface area (Å²) < 4.78 is 10.6. The molecule has 1 saturated heterocycles. The highest BCUT2D eigenvalue weighted by molar-refractivity contribution is 6.39. The van der Waals surface area contributed by atoms with E-state index in [9.17, 15) is 9.59 Å². The van der Waals surface area contributed by atoms with Gasteiger partial charge in [-0.15, -0.1) is 0 Å². The van der Waals surface area contributed by atoms with Crippen LogP contribution in [0.2, 0.25) is 0 Å². The number of amides is 2. The van der Waals surface area contributed by atoms with Crippen LogP contribution in [0.3, 0.4) is 0 Å². The molecule has 2 amide bonds. The summed E-state index contributed by atoms with van der Waals surface area (Å²) >= 11 is 0. The van der Waals surface area contributed by atoms with Gasteiger partial charge in [-0.2, -0.15) is 0 Å². The quantitative estimate of drug-likeness (QED) is 0.642. The molecule has 1 fully saturated rings. The van der Waals surface area contributed by atoms with Gasteiger partial charge in [0.1, 0.15) is 0 Å². The third kappa shape index (κ3) is 5.55. The van der Waals surface area contributed by atoms with Crippen LogP contribution in [-0.2, 0) is 9.59 Å². The topological polar surface area (TPSA) is 86.4 Å². The summed E-state index contributed by atoms with van der Waals surface area (Å²) in [6, 6.07) is 13.4. The lowest BCUT2D eigenvalue weighted by molar-refractivity contribution is -0.136. The van der Waals surface area contributed by atoms with Gasteiger partial charge < -0.3 is 29.9 Å². The second kappa shape index (κ2) is 10.1. The van der Waals surface area contributed by atoms with Crippen molar-refractivity contribution in [3.05, 3.63) is 48.0 Å². The lowest BCUT2D eigenvalue weighted by atomic mass is 10.0. The smallest absolute Gasteiger partial charge is 0.313 e. The zero-order valence-corrected chi connectivity index (χ0v) is 19.3. The molecule has 9 heteroatoms. The van der Waals surface area contributed by atoms with E-state index in [0.717, 1.165) is 37.4 Å². The van der Waals surface area contributed by atoms with E-state index >= 15 is 0 Å². The molecule has 0 radical (unpaired) electrons. The molecule has 33 heavy (non-hydrogen) atoms. The molecule has 0 saturated carbocycles. The van der Waals surface area contributed by atoms with Gasteiger partial charge >= 0.3 is 11.8 Å². The van der Waals surface area contributed by atoms with E-state index in [4.69, 9.17) is 9.47 Å². The highest BCUT2D eigenvalue weighted by atomic mass is 16.7. The van der Waals surface area contributed by atoms with Gasteiger partial charge in [-0.25, -0.2) is 0 Å². The molecule has 0 aromatic heterocycles. The summed E-state index contributed by atoms with van der Waals surface area (Å²) in [6.07, 6.45) is 0. The number of hydrogen-bond acceptors (Lipinski definition) is 7. The van der Waals surface area contributed by atoms with Crippen molar-refractivity contribution in [1.29, 1.82) is 0 Å². The Morgan fingerprint density at radius 2 is 1.67 bits per heavy atom. The molecule has 0 spiro atoms. The zero-order valence-electron chi connectivity index (χ0n) is 19.3. The first kappa shape index (κ1) is 22.9. The van der Waals surface area contributed by atoms with E-state index in [1.165, 1.54) is 0 Å². The Labute approximate surface area is 194 Å². The van der Waals surface area contributed by atoms with E-state index in [2.05, 4.69) is 56.6 Å². The number of fused-ring (bicyclic) bond motifs is 1. The normalized spacial score (nSPS) is 16.8. The number of piperazine rings is 1. The molecule has 2 N–H and O–H groups in total. The zero-order chi connectivity index (χ0) is 23.4. The SMILES string of the molecule is CN1CCN(C(CNC(=O)C(=O)Nc2ccc3c(c2)OCO3)c2ccc(N(C)C)cc2)CC1. The van der Waals surface area contributed by atoms with Crippen molar-refractivity contribution in [2.45, 2.75) is 6.04 Å². The minimum absolute atomic E-state index is 0.0165. The molecular formula is C24H31N5O4. The lowest BCUT2D eigenvalue weighted by Crippen LogP contribution is -2.49. The lowest BCUT2D eigenvalue weighted by Gasteiger charge is -2.38. The average molecular weight is 454 g/mol. The van der Waals surface area contributed by atoms with Crippen molar-refractivity contribution in [3.8, 4) is 11.5 Å². The Balaban J connectivity index is 1.40. The largest absolute Gasteiger partial charge is 0.454 e. The molecular weight excluding hydrogens is 422 g/mol. The van der Waals surface area contributed by atoms with Gasteiger partial charge in [0.2, 0.25) is 6.79 Å². The molecule has 2 aliphatic heterocycles. The number of benzene rings is 2. The van der Waals surface area contributed by atoms with E-state index in [0.29, 0.717) is 23.7 Å². The molecule has 0 aliphatic carbocycles. The van der Waals surface area contributed by atoms with Gasteiger partial charge in [0.25, 0.3) is 0 Å². The van der Waals surface area contributed by atoms with Crippen LogP contribution in [0.15, 0.2) is 42.5 Å². The maximum atomic E-state index is 12.6. The second-order valence-corrected chi connectivity index (χ2v) is 8.57. The maximum absolute atomic E-state index is 12.6. The second-order valence-electron chi connectivity index (χ2n) is 8.57. The maximum Gasteiger partial charge on any atom is 0.313 e. The van der Waals surface area contributed by atoms with Crippen LogP contribution in [0, 0.1) is 0 Å². The first-order valence-electron chi connectivity index (χ1n) is 11.1. The summed E-state index contributed by atoms with van der Waals surface area (Å²) in [5.41, 5.74) is 2.71. The predicted molar refractivity (Wildman–Crippen MR) is 127 cm³/mol. The highest BCUT2D eigenvalue weighted by Crippen LogP contribution is 2.34. The number of likely N-dealkylation sites (N-methyl/N-ethyl adjacent to an activating group) is 1. The summed E-state index contributed by atoms with van der Waals surface area (Å²) in [5, 5.41) is 5.45. The Hall–Kier alpha value is -3.30. The molecule has 2 heterocycles. The van der Waals surface area contributed by atoms with Gasteiger partial charge in [0.15, 0.2) is 11.5 Å². The molecule has 9 nitrogen and oxygen atoms in total. The molecule has 0 bridgehead atoms. The van der Waals surface area contributed by atoms with Gasteiger partial charge in [-0.1, -0.05) is 12.1 Å². The number of anilines is 2. The number of rotatable bonds is 6. The highest BCUT2D eigenvalue weighted by Gasteiger charge is 2.26. The Morgan fingerprint density at radius 1 is 0.970 bits per heavy atom. The van der Waals surface area contributed by atoms with Crippen LogP contribution < -0.4 is 25.0 Å². The van der Waals surface area contributed by atoms with E-state index in [-0.39, 0.29) is 12.8 Å². The minimum atomic E-state index is -0.714. The predicted octanol–water partition coefficient (Wildman–Crippen LogP) is 1.52. The van der Waals surface area contributed by atoms with Crippen LogP contribution in [0.5, 0.6) is 11.5 Å². The van der Waals surface area contributed by atoms with Crippen LogP contribution in [-0.4, -0.2) is 82.3 Å².